The van der Waals surface area contributed by atoms with Gasteiger partial charge in [0.25, 0.3) is 0 Å². The van der Waals surface area contributed by atoms with Crippen molar-refractivity contribution in [2.45, 2.75) is 18.0 Å². The number of rotatable bonds is 6. The second-order valence-electron chi connectivity index (χ2n) is 3.89. The van der Waals surface area contributed by atoms with Crippen molar-refractivity contribution in [3.63, 3.8) is 0 Å². The highest BCUT2D eigenvalue weighted by Crippen LogP contribution is 2.15. The fourth-order valence-electron chi connectivity index (χ4n) is 1.66. The van der Waals surface area contributed by atoms with E-state index < -0.39 is 10.0 Å². The normalized spacial score (nSPS) is 11.6. The van der Waals surface area contributed by atoms with Gasteiger partial charge < -0.3 is 5.32 Å². The Morgan fingerprint density at radius 3 is 2.74 bits per heavy atom. The summed E-state index contributed by atoms with van der Waals surface area (Å²) in [6, 6.07) is 6.86. The van der Waals surface area contributed by atoms with Gasteiger partial charge in [-0.25, -0.2) is 18.1 Å². The average molecular weight is 281 g/mol. The van der Waals surface area contributed by atoms with Crippen LogP contribution in [0, 0.1) is 0 Å². The minimum absolute atomic E-state index is 0.0796. The number of aromatic nitrogens is 3. The fraction of sp³-hybridized carbons (Fsp3) is 0.273. The Kier molecular flexibility index (Phi) is 4.25. The number of hydrogen-bond acceptors (Lipinski definition) is 5. The first kappa shape index (κ1) is 13.7. The second-order valence-corrected chi connectivity index (χ2v) is 5.63. The molecule has 0 radical (unpaired) electrons. The maximum Gasteiger partial charge on any atom is 0.241 e. The molecule has 19 heavy (non-hydrogen) atoms. The van der Waals surface area contributed by atoms with Gasteiger partial charge in [0, 0.05) is 6.54 Å². The summed E-state index contributed by atoms with van der Waals surface area (Å²) < 4.78 is 26.9. The molecule has 1 heterocycles. The van der Waals surface area contributed by atoms with Crippen molar-refractivity contribution in [3.05, 3.63) is 42.0 Å². The Bertz CT molecular complexity index is 624. The van der Waals surface area contributed by atoms with Crippen molar-refractivity contribution in [1.29, 1.82) is 0 Å². The first-order chi connectivity index (χ1) is 9.13. The molecule has 1 aromatic carbocycles. The quantitative estimate of drug-likeness (QED) is 0.692. The van der Waals surface area contributed by atoms with Gasteiger partial charge in [-0.3, -0.25) is 5.10 Å². The molecular formula is C11H15N5O2S. The summed E-state index contributed by atoms with van der Waals surface area (Å²) in [5.41, 5.74) is 0.718. The van der Waals surface area contributed by atoms with E-state index in [1.165, 1.54) is 6.33 Å². The molecule has 0 saturated heterocycles. The molecule has 1 aromatic heterocycles. The maximum atomic E-state index is 12.2. The van der Waals surface area contributed by atoms with Crippen molar-refractivity contribution in [2.75, 3.05) is 7.05 Å². The Morgan fingerprint density at radius 1 is 1.26 bits per heavy atom. The number of hydrogen-bond donors (Lipinski definition) is 3. The van der Waals surface area contributed by atoms with Crippen LogP contribution in [0.1, 0.15) is 11.4 Å². The Labute approximate surface area is 111 Å². The minimum Gasteiger partial charge on any atom is -0.316 e. The predicted molar refractivity (Wildman–Crippen MR) is 69.6 cm³/mol. The molecule has 0 amide bonds. The zero-order chi connectivity index (χ0) is 13.7. The molecule has 0 bridgehead atoms. The molecule has 2 aromatic rings. The number of aromatic amines is 1. The van der Waals surface area contributed by atoms with E-state index in [2.05, 4.69) is 25.2 Å². The summed E-state index contributed by atoms with van der Waals surface area (Å²) in [6.07, 6.45) is 1.33. The topological polar surface area (TPSA) is 99.8 Å². The van der Waals surface area contributed by atoms with E-state index in [0.717, 1.165) is 5.56 Å². The van der Waals surface area contributed by atoms with Gasteiger partial charge >= 0.3 is 0 Å². The Balaban J connectivity index is 2.19. The van der Waals surface area contributed by atoms with E-state index in [1.807, 2.05) is 6.07 Å². The zero-order valence-corrected chi connectivity index (χ0v) is 11.2. The zero-order valence-electron chi connectivity index (χ0n) is 10.4. The second kappa shape index (κ2) is 5.91. The van der Waals surface area contributed by atoms with Crippen molar-refractivity contribution < 1.29 is 8.42 Å². The summed E-state index contributed by atoms with van der Waals surface area (Å²) in [5.74, 6) is 0.467. The highest BCUT2D eigenvalue weighted by atomic mass is 32.2. The van der Waals surface area contributed by atoms with E-state index >= 15 is 0 Å². The molecule has 0 aliphatic carbocycles. The molecule has 3 N–H and O–H groups in total. The van der Waals surface area contributed by atoms with Gasteiger partial charge in [0.1, 0.15) is 12.2 Å². The van der Waals surface area contributed by atoms with Crippen LogP contribution in [0.25, 0.3) is 0 Å². The molecule has 0 aliphatic heterocycles. The largest absolute Gasteiger partial charge is 0.316 e. The van der Waals surface area contributed by atoms with Gasteiger partial charge in [-0.2, -0.15) is 5.10 Å². The first-order valence-corrected chi connectivity index (χ1v) is 7.18. The predicted octanol–water partition coefficient (Wildman–Crippen LogP) is 0.00260. The lowest BCUT2D eigenvalue weighted by molar-refractivity contribution is 0.577. The van der Waals surface area contributed by atoms with Crippen LogP contribution in [0.15, 0.2) is 35.5 Å². The fourth-order valence-corrected chi connectivity index (χ4v) is 2.88. The summed E-state index contributed by atoms with van der Waals surface area (Å²) in [6.45, 7) is 0.565. The number of nitrogens with one attached hydrogen (secondary N) is 3. The Morgan fingerprint density at radius 2 is 2.05 bits per heavy atom. The highest BCUT2D eigenvalue weighted by Gasteiger charge is 2.17. The molecule has 0 fully saturated rings. The van der Waals surface area contributed by atoms with Crippen molar-refractivity contribution in [3.8, 4) is 0 Å². The molecule has 0 aliphatic rings. The van der Waals surface area contributed by atoms with E-state index in [4.69, 9.17) is 0 Å². The lowest BCUT2D eigenvalue weighted by Gasteiger charge is -2.10. The lowest BCUT2D eigenvalue weighted by atomic mass is 10.2. The van der Waals surface area contributed by atoms with Gasteiger partial charge in [0.2, 0.25) is 10.0 Å². The van der Waals surface area contributed by atoms with Gasteiger partial charge in [0.05, 0.1) is 11.4 Å². The SMILES string of the molecule is CNCc1ccccc1S(=O)(=O)NCc1ncn[nH]1. The molecule has 0 unspecified atom stereocenters. The molecule has 0 saturated carbocycles. The van der Waals surface area contributed by atoms with Gasteiger partial charge in [-0.15, -0.1) is 0 Å². The van der Waals surface area contributed by atoms with Crippen LogP contribution < -0.4 is 10.0 Å². The molecule has 2 rings (SSSR count). The number of nitrogens with zero attached hydrogens (tertiary/aromatic N) is 2. The lowest BCUT2D eigenvalue weighted by Crippen LogP contribution is -2.25. The number of H-pyrrole nitrogens is 1. The van der Waals surface area contributed by atoms with Gasteiger partial charge in [-0.05, 0) is 18.7 Å². The molecule has 102 valence electrons. The molecule has 0 atom stereocenters. The van der Waals surface area contributed by atoms with Crippen molar-refractivity contribution >= 4 is 10.0 Å². The van der Waals surface area contributed by atoms with Crippen molar-refractivity contribution in [1.82, 2.24) is 25.2 Å². The van der Waals surface area contributed by atoms with Crippen LogP contribution in [0.4, 0.5) is 0 Å². The average Bonchev–Trinajstić information content (AvgIpc) is 2.91. The number of benzene rings is 1. The van der Waals surface area contributed by atoms with Crippen LogP contribution in [-0.2, 0) is 23.1 Å². The molecular weight excluding hydrogens is 266 g/mol. The van der Waals surface area contributed by atoms with Gasteiger partial charge in [0.15, 0.2) is 0 Å². The molecule has 0 spiro atoms. The summed E-state index contributed by atoms with van der Waals surface area (Å²) >= 11 is 0. The monoisotopic (exact) mass is 281 g/mol. The third kappa shape index (κ3) is 3.37. The van der Waals surface area contributed by atoms with Gasteiger partial charge in [-0.1, -0.05) is 18.2 Å². The van der Waals surface area contributed by atoms with E-state index in [1.54, 1.807) is 25.2 Å². The minimum atomic E-state index is -3.57. The van der Waals surface area contributed by atoms with E-state index in [9.17, 15) is 8.42 Å². The highest BCUT2D eigenvalue weighted by molar-refractivity contribution is 7.89. The molecule has 8 heteroatoms. The van der Waals surface area contributed by atoms with Crippen molar-refractivity contribution in [2.24, 2.45) is 0 Å². The van der Waals surface area contributed by atoms with E-state index in [0.29, 0.717) is 12.4 Å². The third-order valence-electron chi connectivity index (χ3n) is 2.52. The maximum absolute atomic E-state index is 12.2. The van der Waals surface area contributed by atoms with Crippen LogP contribution >= 0.6 is 0 Å². The first-order valence-electron chi connectivity index (χ1n) is 5.70. The van der Waals surface area contributed by atoms with Crippen LogP contribution in [-0.4, -0.2) is 30.6 Å². The summed E-state index contributed by atoms with van der Waals surface area (Å²) in [7, 11) is -1.80. The number of sulfonamides is 1. The van der Waals surface area contributed by atoms with Crippen LogP contribution in [0.2, 0.25) is 0 Å². The van der Waals surface area contributed by atoms with Crippen LogP contribution in [0.3, 0.4) is 0 Å². The standard InChI is InChI=1S/C11H15N5O2S/c1-12-6-9-4-2-3-5-10(9)19(17,18)15-7-11-13-8-14-16-11/h2-5,8,12,15H,6-7H2,1H3,(H,13,14,16). The third-order valence-corrected chi connectivity index (χ3v) is 4.03. The molecule has 7 nitrogen and oxygen atoms in total. The van der Waals surface area contributed by atoms with E-state index in [-0.39, 0.29) is 11.4 Å². The summed E-state index contributed by atoms with van der Waals surface area (Å²) in [5, 5.41) is 9.21. The Hall–Kier alpha value is -1.77. The summed E-state index contributed by atoms with van der Waals surface area (Å²) in [4.78, 5) is 4.13. The van der Waals surface area contributed by atoms with Crippen LogP contribution in [0.5, 0.6) is 0 Å². The smallest absolute Gasteiger partial charge is 0.241 e.